The fourth-order valence-electron chi connectivity index (χ4n) is 3.46. The second-order valence-electron chi connectivity index (χ2n) is 7.86. The number of benzene rings is 1. The third-order valence-corrected chi connectivity index (χ3v) is 6.58. The van der Waals surface area contributed by atoms with Gasteiger partial charge < -0.3 is 21.0 Å². The third kappa shape index (κ3) is 4.64. The summed E-state index contributed by atoms with van der Waals surface area (Å²) in [5.41, 5.74) is 13.9. The van der Waals surface area contributed by atoms with Crippen LogP contribution in [-0.4, -0.2) is 38.9 Å². The van der Waals surface area contributed by atoms with E-state index in [9.17, 15) is 13.2 Å². The number of ether oxygens (including phenoxy) is 1. The average molecular weight is 411 g/mol. The van der Waals surface area contributed by atoms with Crippen molar-refractivity contribution in [3.63, 3.8) is 0 Å². The number of aldehydes is 1. The van der Waals surface area contributed by atoms with Crippen LogP contribution in [0.3, 0.4) is 0 Å². The number of carbonyl (C=O) groups excluding carboxylic acids is 1. The molecule has 156 valence electrons. The number of sulfonamides is 1. The molecular weight excluding hydrogens is 380 g/mol. The predicted octanol–water partition coefficient (Wildman–Crippen LogP) is 1.22. The summed E-state index contributed by atoms with van der Waals surface area (Å²) in [7, 11) is -3.90. The number of rotatable bonds is 7. The first kappa shape index (κ1) is 22.2. The van der Waals surface area contributed by atoms with Crippen LogP contribution in [0, 0.1) is 20.8 Å². The van der Waals surface area contributed by atoms with Crippen LogP contribution in [0.4, 0.5) is 0 Å². The molecule has 0 bridgehead atoms. The molecule has 0 fully saturated rings. The lowest BCUT2D eigenvalue weighted by molar-refractivity contribution is -0.109. The van der Waals surface area contributed by atoms with Gasteiger partial charge in [0.05, 0.1) is 10.9 Å². The Balaban J connectivity index is 2.27. The molecule has 2 rings (SSSR count). The molecule has 0 radical (unpaired) electrons. The van der Waals surface area contributed by atoms with E-state index in [1.807, 2.05) is 20.8 Å². The van der Waals surface area contributed by atoms with Crippen molar-refractivity contribution in [3.8, 4) is 5.75 Å². The highest BCUT2D eigenvalue weighted by atomic mass is 32.2. The number of nitrogens with two attached hydrogens (primary N) is 2. The Bertz CT molecular complexity index is 907. The van der Waals surface area contributed by atoms with Gasteiger partial charge in [-0.05, 0) is 64.2 Å². The second-order valence-corrected chi connectivity index (χ2v) is 9.48. The van der Waals surface area contributed by atoms with E-state index in [1.54, 1.807) is 13.8 Å². The van der Waals surface area contributed by atoms with Crippen LogP contribution in [0.5, 0.6) is 5.75 Å². The van der Waals surface area contributed by atoms with Crippen LogP contribution in [0.15, 0.2) is 9.89 Å². The van der Waals surface area contributed by atoms with Gasteiger partial charge >= 0.3 is 0 Å². The van der Waals surface area contributed by atoms with Crippen molar-refractivity contribution >= 4 is 22.3 Å². The Kier molecular flexibility index (Phi) is 6.40. The van der Waals surface area contributed by atoms with Crippen LogP contribution in [-0.2, 0) is 21.2 Å². The Labute approximate surface area is 166 Å². The molecule has 1 aromatic carbocycles. The quantitative estimate of drug-likeness (QED) is 0.268. The van der Waals surface area contributed by atoms with Gasteiger partial charge in [-0.1, -0.05) is 0 Å². The molecule has 0 aromatic heterocycles. The summed E-state index contributed by atoms with van der Waals surface area (Å²) in [5, 5.41) is 0. The second kappa shape index (κ2) is 8.08. The number of nitrogens with zero attached hydrogens (tertiary/aromatic N) is 1. The highest BCUT2D eigenvalue weighted by molar-refractivity contribution is 7.90. The fourth-order valence-corrected chi connectivity index (χ4v) is 4.99. The van der Waals surface area contributed by atoms with Crippen molar-refractivity contribution in [3.05, 3.63) is 22.3 Å². The standard InChI is InChI=1S/C19H30N4O4S/c1-11-12(2)17(13(3)15-9-19(4,5)27-16(11)15)28(25,26)23-18(21)22-8-6-7-14(20)10-24/h10,14H,6-9,20H2,1-5H3,(H3,21,22,23). The molecule has 0 saturated heterocycles. The lowest BCUT2D eigenvalue weighted by atomic mass is 9.94. The van der Waals surface area contributed by atoms with E-state index in [0.717, 1.165) is 16.9 Å². The van der Waals surface area contributed by atoms with E-state index in [1.165, 1.54) is 0 Å². The lowest BCUT2D eigenvalue weighted by Gasteiger charge is -2.19. The minimum Gasteiger partial charge on any atom is -0.487 e. The molecule has 5 N–H and O–H groups in total. The van der Waals surface area contributed by atoms with Gasteiger partial charge in [-0.3, -0.25) is 4.99 Å². The Morgan fingerprint density at radius 1 is 1.29 bits per heavy atom. The molecule has 1 unspecified atom stereocenters. The molecular formula is C19H30N4O4S. The van der Waals surface area contributed by atoms with Crippen molar-refractivity contribution in [2.24, 2.45) is 16.5 Å². The molecule has 0 amide bonds. The van der Waals surface area contributed by atoms with Crippen molar-refractivity contribution in [2.45, 2.75) is 70.4 Å². The SMILES string of the molecule is Cc1c(C)c(S(=O)(=O)NC(N)=NCCCC(N)C=O)c(C)c2c1OC(C)(C)C2. The van der Waals surface area contributed by atoms with E-state index >= 15 is 0 Å². The van der Waals surface area contributed by atoms with E-state index in [-0.39, 0.29) is 23.0 Å². The van der Waals surface area contributed by atoms with Crippen LogP contribution in [0.2, 0.25) is 0 Å². The number of fused-ring (bicyclic) bond motifs is 1. The Morgan fingerprint density at radius 3 is 2.54 bits per heavy atom. The molecule has 0 saturated carbocycles. The smallest absolute Gasteiger partial charge is 0.264 e. The summed E-state index contributed by atoms with van der Waals surface area (Å²) in [6.07, 6.45) is 2.30. The van der Waals surface area contributed by atoms with Gasteiger partial charge in [0, 0.05) is 18.5 Å². The molecule has 8 nitrogen and oxygen atoms in total. The summed E-state index contributed by atoms with van der Waals surface area (Å²) in [5.74, 6) is 0.584. The fraction of sp³-hybridized carbons (Fsp3) is 0.579. The van der Waals surface area contributed by atoms with Crippen LogP contribution in [0.1, 0.15) is 48.9 Å². The average Bonchev–Trinajstić information content (AvgIpc) is 2.92. The molecule has 1 heterocycles. The minimum atomic E-state index is -3.90. The topological polar surface area (TPSA) is 137 Å². The zero-order chi connectivity index (χ0) is 21.3. The van der Waals surface area contributed by atoms with Gasteiger partial charge in [0.1, 0.15) is 17.6 Å². The molecule has 1 aliphatic rings. The summed E-state index contributed by atoms with van der Waals surface area (Å²) in [6, 6.07) is -0.542. The summed E-state index contributed by atoms with van der Waals surface area (Å²) in [6.45, 7) is 9.66. The van der Waals surface area contributed by atoms with E-state index in [4.69, 9.17) is 16.2 Å². The lowest BCUT2D eigenvalue weighted by Crippen LogP contribution is -2.37. The molecule has 9 heteroatoms. The third-order valence-electron chi connectivity index (χ3n) is 4.95. The predicted molar refractivity (Wildman–Crippen MR) is 109 cm³/mol. The number of hydrogen-bond donors (Lipinski definition) is 3. The first-order valence-electron chi connectivity index (χ1n) is 9.25. The summed E-state index contributed by atoms with van der Waals surface area (Å²) in [4.78, 5) is 14.7. The maximum atomic E-state index is 13.0. The monoisotopic (exact) mass is 410 g/mol. The number of guanidine groups is 1. The zero-order valence-electron chi connectivity index (χ0n) is 17.1. The maximum Gasteiger partial charge on any atom is 0.264 e. The van der Waals surface area contributed by atoms with Crippen molar-refractivity contribution < 1.29 is 17.9 Å². The van der Waals surface area contributed by atoms with Crippen molar-refractivity contribution in [1.29, 1.82) is 0 Å². The van der Waals surface area contributed by atoms with E-state index in [0.29, 0.717) is 36.7 Å². The van der Waals surface area contributed by atoms with Crippen molar-refractivity contribution in [1.82, 2.24) is 4.72 Å². The molecule has 28 heavy (non-hydrogen) atoms. The first-order chi connectivity index (χ1) is 12.9. The van der Waals surface area contributed by atoms with Crippen molar-refractivity contribution in [2.75, 3.05) is 6.54 Å². The number of aliphatic imine (C=N–C) groups is 1. The van der Waals surface area contributed by atoms with Gasteiger partial charge in [0.15, 0.2) is 0 Å². The van der Waals surface area contributed by atoms with Gasteiger partial charge in [0.2, 0.25) is 5.96 Å². The summed E-state index contributed by atoms with van der Waals surface area (Å²) >= 11 is 0. The van der Waals surface area contributed by atoms with Gasteiger partial charge in [-0.25, -0.2) is 13.1 Å². The molecule has 1 aromatic rings. The molecule has 0 aliphatic carbocycles. The van der Waals surface area contributed by atoms with E-state index < -0.39 is 16.1 Å². The highest BCUT2D eigenvalue weighted by Gasteiger charge is 2.36. The molecule has 1 atom stereocenters. The Morgan fingerprint density at radius 2 is 1.93 bits per heavy atom. The van der Waals surface area contributed by atoms with E-state index in [2.05, 4.69) is 9.71 Å². The normalized spacial score (nSPS) is 17.0. The minimum absolute atomic E-state index is 0.187. The van der Waals surface area contributed by atoms with Crippen LogP contribution >= 0.6 is 0 Å². The van der Waals surface area contributed by atoms with Crippen LogP contribution < -0.4 is 20.9 Å². The maximum absolute atomic E-state index is 13.0. The molecule has 0 spiro atoms. The highest BCUT2D eigenvalue weighted by Crippen LogP contribution is 2.43. The largest absolute Gasteiger partial charge is 0.487 e. The summed E-state index contributed by atoms with van der Waals surface area (Å²) < 4.78 is 34.4. The molecule has 1 aliphatic heterocycles. The van der Waals surface area contributed by atoms with Gasteiger partial charge in [0.25, 0.3) is 10.0 Å². The van der Waals surface area contributed by atoms with Crippen LogP contribution in [0.25, 0.3) is 0 Å². The van der Waals surface area contributed by atoms with Gasteiger partial charge in [-0.2, -0.15) is 0 Å². The van der Waals surface area contributed by atoms with Gasteiger partial charge in [-0.15, -0.1) is 0 Å². The number of carbonyl (C=O) groups is 1. The number of hydrogen-bond acceptors (Lipinski definition) is 6. The number of nitrogens with one attached hydrogen (secondary N) is 1. The zero-order valence-corrected chi connectivity index (χ0v) is 17.9. The first-order valence-corrected chi connectivity index (χ1v) is 10.7. The Hall–Kier alpha value is -2.13.